The molecule has 2 aromatic rings. The summed E-state index contributed by atoms with van der Waals surface area (Å²) < 4.78 is 29.8. The lowest BCUT2D eigenvalue weighted by Gasteiger charge is -2.25. The lowest BCUT2D eigenvalue weighted by atomic mass is 10.1. The van der Waals surface area contributed by atoms with Crippen LogP contribution in [0.25, 0.3) is 0 Å². The number of carbonyl (C=O) groups excluding carboxylic acids is 1. The summed E-state index contributed by atoms with van der Waals surface area (Å²) in [6.45, 7) is 0. The summed E-state index contributed by atoms with van der Waals surface area (Å²) in [4.78, 5) is 21.1. The summed E-state index contributed by atoms with van der Waals surface area (Å²) in [7, 11) is 2.39. The highest BCUT2D eigenvalue weighted by Gasteiger charge is 2.49. The number of thioether (sulfide) groups is 1. The van der Waals surface area contributed by atoms with E-state index in [9.17, 15) is 13.2 Å². The average Bonchev–Trinajstić information content (AvgIpc) is 3.19. The van der Waals surface area contributed by atoms with Gasteiger partial charge < -0.3 is 14.5 Å². The van der Waals surface area contributed by atoms with E-state index in [0.29, 0.717) is 10.9 Å². The lowest BCUT2D eigenvalue weighted by molar-refractivity contribution is -0.117. The first kappa shape index (κ1) is 21.7. The van der Waals surface area contributed by atoms with Crippen molar-refractivity contribution in [3.05, 3.63) is 54.1 Å². The van der Waals surface area contributed by atoms with Crippen molar-refractivity contribution in [3.8, 4) is 5.75 Å². The van der Waals surface area contributed by atoms with E-state index in [1.54, 1.807) is 7.11 Å². The van der Waals surface area contributed by atoms with Crippen LogP contribution in [0.4, 0.5) is 11.4 Å². The minimum Gasteiger partial charge on any atom is -0.496 e. The third-order valence-electron chi connectivity index (χ3n) is 5.47. The highest BCUT2D eigenvalue weighted by molar-refractivity contribution is 8.16. The van der Waals surface area contributed by atoms with E-state index in [1.165, 1.54) is 11.8 Å². The summed E-state index contributed by atoms with van der Waals surface area (Å²) in [5.41, 5.74) is 2.65. The van der Waals surface area contributed by atoms with Gasteiger partial charge in [0.2, 0.25) is 0 Å². The van der Waals surface area contributed by atoms with Crippen LogP contribution in [0.3, 0.4) is 0 Å². The molecule has 2 aromatic carbocycles. The SMILES string of the molecule is COc1ccccc1CC(=O)N=C1S[C@@H]2CS(=O)(=O)C[C@H]2N1c1ccc(N(C)C)cc1. The summed E-state index contributed by atoms with van der Waals surface area (Å²) in [6.07, 6.45) is 0.120. The maximum Gasteiger partial charge on any atom is 0.252 e. The normalized spacial score (nSPS) is 23.1. The van der Waals surface area contributed by atoms with Gasteiger partial charge in [-0.15, -0.1) is 0 Å². The van der Waals surface area contributed by atoms with E-state index < -0.39 is 9.84 Å². The van der Waals surface area contributed by atoms with Crippen LogP contribution in [0, 0.1) is 0 Å². The fraction of sp³-hybridized carbons (Fsp3) is 0.364. The number of rotatable bonds is 5. The van der Waals surface area contributed by atoms with Gasteiger partial charge in [0.1, 0.15) is 5.75 Å². The Morgan fingerprint density at radius 1 is 1.16 bits per heavy atom. The summed E-state index contributed by atoms with van der Waals surface area (Å²) >= 11 is 1.38. The number of sulfone groups is 1. The summed E-state index contributed by atoms with van der Waals surface area (Å²) in [6, 6.07) is 15.0. The first-order chi connectivity index (χ1) is 14.8. The predicted molar refractivity (Wildman–Crippen MR) is 126 cm³/mol. The van der Waals surface area contributed by atoms with Crippen LogP contribution < -0.4 is 14.5 Å². The summed E-state index contributed by atoms with van der Waals surface area (Å²) in [5.74, 6) is 0.535. The van der Waals surface area contributed by atoms with Gasteiger partial charge in [-0.25, -0.2) is 8.42 Å². The van der Waals surface area contributed by atoms with Crippen LogP contribution in [0.5, 0.6) is 5.75 Å². The van der Waals surface area contributed by atoms with E-state index in [2.05, 4.69) is 4.99 Å². The standard InChI is InChI=1S/C22H25N3O4S2/c1-24(2)16-8-10-17(11-9-16)25-18-13-31(27,28)14-20(18)30-22(25)23-21(26)12-15-6-4-5-7-19(15)29-3/h4-11,18,20H,12-14H2,1-3H3/t18-,20-/m1/s1. The largest absolute Gasteiger partial charge is 0.496 e. The van der Waals surface area contributed by atoms with E-state index >= 15 is 0 Å². The zero-order valence-corrected chi connectivity index (χ0v) is 19.3. The van der Waals surface area contributed by atoms with E-state index in [0.717, 1.165) is 16.9 Å². The minimum absolute atomic E-state index is 0.0693. The Morgan fingerprint density at radius 2 is 1.87 bits per heavy atom. The molecule has 0 N–H and O–H groups in total. The van der Waals surface area contributed by atoms with Gasteiger partial charge in [0, 0.05) is 36.3 Å². The highest BCUT2D eigenvalue weighted by Crippen LogP contribution is 2.41. The number of benzene rings is 2. The second-order valence-electron chi connectivity index (χ2n) is 7.86. The molecule has 164 valence electrons. The molecule has 31 heavy (non-hydrogen) atoms. The van der Waals surface area contributed by atoms with Crippen molar-refractivity contribution < 1.29 is 17.9 Å². The quantitative estimate of drug-likeness (QED) is 0.680. The highest BCUT2D eigenvalue weighted by atomic mass is 32.2. The number of para-hydroxylation sites is 1. The Bertz CT molecular complexity index is 1110. The van der Waals surface area contributed by atoms with Crippen LogP contribution in [0.2, 0.25) is 0 Å². The van der Waals surface area contributed by atoms with Crippen molar-refractivity contribution in [3.63, 3.8) is 0 Å². The number of methoxy groups -OCH3 is 1. The Kier molecular flexibility index (Phi) is 5.98. The molecular weight excluding hydrogens is 434 g/mol. The summed E-state index contributed by atoms with van der Waals surface area (Å²) in [5, 5.41) is 0.429. The van der Waals surface area contributed by atoms with E-state index in [1.807, 2.05) is 72.4 Å². The van der Waals surface area contributed by atoms with Crippen LogP contribution in [-0.4, -0.2) is 63.5 Å². The Balaban J connectivity index is 1.64. The molecule has 2 fully saturated rings. The second-order valence-corrected chi connectivity index (χ2v) is 11.2. The first-order valence-corrected chi connectivity index (χ1v) is 12.6. The molecule has 0 saturated carbocycles. The smallest absolute Gasteiger partial charge is 0.252 e. The number of amides is 1. The van der Waals surface area contributed by atoms with E-state index in [-0.39, 0.29) is 35.1 Å². The molecule has 7 nitrogen and oxygen atoms in total. The maximum absolute atomic E-state index is 12.8. The van der Waals surface area contributed by atoms with Crippen molar-refractivity contribution in [2.45, 2.75) is 17.7 Å². The molecule has 2 heterocycles. The number of aliphatic imine (C=N–C) groups is 1. The molecule has 4 rings (SSSR count). The third-order valence-corrected chi connectivity index (χ3v) is 8.68. The fourth-order valence-electron chi connectivity index (χ4n) is 3.94. The lowest BCUT2D eigenvalue weighted by Crippen LogP contribution is -2.37. The molecular formula is C22H25N3O4S2. The number of fused-ring (bicyclic) bond motifs is 1. The second kappa shape index (κ2) is 8.55. The molecule has 0 bridgehead atoms. The molecule has 0 radical (unpaired) electrons. The molecule has 0 spiro atoms. The number of hydrogen-bond donors (Lipinski definition) is 0. The molecule has 1 amide bonds. The van der Waals surface area contributed by atoms with Crippen molar-refractivity contribution in [2.24, 2.45) is 4.99 Å². The van der Waals surface area contributed by atoms with Gasteiger partial charge in [-0.1, -0.05) is 30.0 Å². The number of nitrogens with zero attached hydrogens (tertiary/aromatic N) is 3. The van der Waals surface area contributed by atoms with Crippen molar-refractivity contribution in [1.82, 2.24) is 0 Å². The molecule has 2 aliphatic heterocycles. The average molecular weight is 460 g/mol. The number of anilines is 2. The molecule has 2 atom stereocenters. The van der Waals surface area contributed by atoms with E-state index in [4.69, 9.17) is 4.74 Å². The third kappa shape index (κ3) is 4.57. The molecule has 0 unspecified atom stereocenters. The Labute approximate surface area is 187 Å². The van der Waals surface area contributed by atoms with Gasteiger partial charge in [-0.3, -0.25) is 4.79 Å². The van der Waals surface area contributed by atoms with Crippen LogP contribution in [0.1, 0.15) is 5.56 Å². The Hall–Kier alpha value is -2.52. The zero-order chi connectivity index (χ0) is 22.2. The molecule has 0 aromatic heterocycles. The maximum atomic E-state index is 12.8. The van der Waals surface area contributed by atoms with Crippen molar-refractivity contribution in [2.75, 3.05) is 42.5 Å². The fourth-order valence-corrected chi connectivity index (χ4v) is 7.87. The van der Waals surface area contributed by atoms with Crippen molar-refractivity contribution >= 4 is 44.0 Å². The number of ether oxygens (including phenoxy) is 1. The van der Waals surface area contributed by atoms with Gasteiger partial charge in [0.15, 0.2) is 15.0 Å². The van der Waals surface area contributed by atoms with Crippen LogP contribution >= 0.6 is 11.8 Å². The monoisotopic (exact) mass is 459 g/mol. The number of hydrogen-bond acceptors (Lipinski definition) is 6. The van der Waals surface area contributed by atoms with Gasteiger partial charge in [0.25, 0.3) is 5.91 Å². The number of carbonyl (C=O) groups is 1. The molecule has 2 saturated heterocycles. The first-order valence-electron chi connectivity index (χ1n) is 9.94. The van der Waals surface area contributed by atoms with Crippen LogP contribution in [-0.2, 0) is 21.1 Å². The predicted octanol–water partition coefficient (Wildman–Crippen LogP) is 2.61. The van der Waals surface area contributed by atoms with Gasteiger partial charge >= 0.3 is 0 Å². The Morgan fingerprint density at radius 3 is 2.55 bits per heavy atom. The molecule has 9 heteroatoms. The molecule has 2 aliphatic rings. The topological polar surface area (TPSA) is 79.3 Å². The molecule has 0 aliphatic carbocycles. The van der Waals surface area contributed by atoms with Gasteiger partial charge in [0.05, 0.1) is 31.1 Å². The van der Waals surface area contributed by atoms with Crippen LogP contribution in [0.15, 0.2) is 53.5 Å². The number of amidine groups is 1. The van der Waals surface area contributed by atoms with Gasteiger partial charge in [-0.2, -0.15) is 4.99 Å². The van der Waals surface area contributed by atoms with Crippen molar-refractivity contribution in [1.29, 1.82) is 0 Å². The minimum atomic E-state index is -3.10. The van der Waals surface area contributed by atoms with Gasteiger partial charge in [-0.05, 0) is 30.3 Å². The zero-order valence-electron chi connectivity index (χ0n) is 17.7.